The lowest BCUT2D eigenvalue weighted by Crippen LogP contribution is -2.55. The van der Waals surface area contributed by atoms with Gasteiger partial charge in [0.2, 0.25) is 5.91 Å². The number of nitrogens with zero attached hydrogens (tertiary/aromatic N) is 2. The monoisotopic (exact) mass is 308 g/mol. The number of thiazole rings is 1. The minimum Gasteiger partial charge on any atom is -0.353 e. The lowest BCUT2D eigenvalue weighted by atomic mass is 9.85. The quantitative estimate of drug-likeness (QED) is 0.845. The number of rotatable bonds is 3. The maximum absolute atomic E-state index is 12.5. The zero-order valence-electron chi connectivity index (χ0n) is 11.9. The maximum atomic E-state index is 12.5. The molecule has 0 saturated carbocycles. The van der Waals surface area contributed by atoms with Crippen LogP contribution in [0.4, 0.5) is 0 Å². The number of hydrogen-bond donors (Lipinski definition) is 2. The second kappa shape index (κ2) is 6.11. The van der Waals surface area contributed by atoms with Crippen molar-refractivity contribution in [2.24, 2.45) is 11.7 Å². The first kappa shape index (κ1) is 14.5. The van der Waals surface area contributed by atoms with Crippen LogP contribution in [0, 0.1) is 5.92 Å². The van der Waals surface area contributed by atoms with Crippen molar-refractivity contribution in [3.8, 4) is 0 Å². The number of amides is 2. The van der Waals surface area contributed by atoms with Crippen molar-refractivity contribution < 1.29 is 9.59 Å². The highest BCUT2D eigenvalue weighted by Gasteiger charge is 2.35. The van der Waals surface area contributed by atoms with Crippen LogP contribution >= 0.6 is 11.3 Å². The first-order valence-corrected chi connectivity index (χ1v) is 8.28. The summed E-state index contributed by atoms with van der Waals surface area (Å²) in [6.07, 6.45) is 2.99. The highest BCUT2D eigenvalue weighted by atomic mass is 32.1. The van der Waals surface area contributed by atoms with Gasteiger partial charge in [0.15, 0.2) is 0 Å². The molecule has 0 spiro atoms. The molecule has 6 nitrogen and oxygen atoms in total. The third-order valence-corrected chi connectivity index (χ3v) is 5.15. The van der Waals surface area contributed by atoms with Gasteiger partial charge in [0, 0.05) is 37.4 Å². The molecular formula is C14H20N4O2S. The summed E-state index contributed by atoms with van der Waals surface area (Å²) in [7, 11) is 0. The zero-order valence-corrected chi connectivity index (χ0v) is 12.7. The summed E-state index contributed by atoms with van der Waals surface area (Å²) in [6, 6.07) is 0.235. The average molecular weight is 308 g/mol. The Morgan fingerprint density at radius 1 is 1.52 bits per heavy atom. The number of likely N-dealkylation sites (tertiary alicyclic amines) is 1. The minimum atomic E-state index is 0.00451. The summed E-state index contributed by atoms with van der Waals surface area (Å²) in [5.74, 6) is 0.523. The van der Waals surface area contributed by atoms with E-state index in [1.807, 2.05) is 10.3 Å². The predicted octanol–water partition coefficient (Wildman–Crippen LogP) is 0.385. The summed E-state index contributed by atoms with van der Waals surface area (Å²) >= 11 is 1.49. The number of carbonyl (C=O) groups excluding carboxylic acids is 2. The van der Waals surface area contributed by atoms with Crippen LogP contribution in [-0.4, -0.2) is 47.4 Å². The van der Waals surface area contributed by atoms with E-state index in [4.69, 9.17) is 5.73 Å². The Labute approximate surface area is 127 Å². The molecule has 2 amide bonds. The predicted molar refractivity (Wildman–Crippen MR) is 80.0 cm³/mol. The fourth-order valence-corrected chi connectivity index (χ4v) is 3.89. The van der Waals surface area contributed by atoms with E-state index < -0.39 is 0 Å². The molecule has 0 radical (unpaired) electrons. The van der Waals surface area contributed by atoms with Gasteiger partial charge in [0.1, 0.15) is 5.69 Å². The molecule has 21 heavy (non-hydrogen) atoms. The molecule has 1 aromatic heterocycles. The van der Waals surface area contributed by atoms with Crippen LogP contribution in [0.3, 0.4) is 0 Å². The molecule has 2 aliphatic heterocycles. The molecule has 2 saturated heterocycles. The van der Waals surface area contributed by atoms with Gasteiger partial charge < -0.3 is 16.0 Å². The van der Waals surface area contributed by atoms with E-state index in [-0.39, 0.29) is 17.9 Å². The maximum Gasteiger partial charge on any atom is 0.273 e. The topological polar surface area (TPSA) is 88.3 Å². The number of carbonyl (C=O) groups is 2. The molecule has 0 bridgehead atoms. The lowest BCUT2D eigenvalue weighted by molar-refractivity contribution is -0.125. The lowest BCUT2D eigenvalue weighted by Gasteiger charge is -2.41. The second-order valence-electron chi connectivity index (χ2n) is 5.68. The first-order valence-electron chi connectivity index (χ1n) is 7.40. The summed E-state index contributed by atoms with van der Waals surface area (Å²) < 4.78 is 0. The van der Waals surface area contributed by atoms with Gasteiger partial charge in [-0.05, 0) is 25.3 Å². The molecule has 2 fully saturated rings. The van der Waals surface area contributed by atoms with Gasteiger partial charge in [-0.15, -0.1) is 11.3 Å². The van der Waals surface area contributed by atoms with Crippen LogP contribution in [-0.2, 0) is 11.2 Å². The Bertz CT molecular complexity index is 545. The standard InChI is InChI=1S/C14H20N4O2S/c15-5-3-13-17-11(8-21-13)14(20)18-6-4-10-9(7-18)1-2-12(19)16-10/h8-10H,1-7,15H2,(H,16,19). The van der Waals surface area contributed by atoms with Crippen LogP contribution in [0.15, 0.2) is 5.38 Å². The molecule has 3 rings (SSSR count). The third-order valence-electron chi connectivity index (χ3n) is 4.24. The molecule has 0 aromatic carbocycles. The molecule has 2 atom stereocenters. The normalized spacial score (nSPS) is 25.4. The number of hydrogen-bond acceptors (Lipinski definition) is 5. The summed E-state index contributed by atoms with van der Waals surface area (Å²) in [5, 5.41) is 5.77. The highest BCUT2D eigenvalue weighted by Crippen LogP contribution is 2.26. The Hall–Kier alpha value is -1.47. The molecule has 1 aromatic rings. The van der Waals surface area contributed by atoms with Gasteiger partial charge in [-0.2, -0.15) is 0 Å². The average Bonchev–Trinajstić information content (AvgIpc) is 2.95. The molecule has 2 unspecified atom stereocenters. The molecule has 7 heteroatoms. The van der Waals surface area contributed by atoms with Gasteiger partial charge in [-0.3, -0.25) is 9.59 Å². The van der Waals surface area contributed by atoms with Crippen LogP contribution < -0.4 is 11.1 Å². The Balaban J connectivity index is 1.64. The SMILES string of the molecule is NCCc1nc(C(=O)N2CCC3NC(=O)CCC3C2)cs1. The van der Waals surface area contributed by atoms with Crippen molar-refractivity contribution in [2.45, 2.75) is 31.7 Å². The Kier molecular flexibility index (Phi) is 4.21. The van der Waals surface area contributed by atoms with Crippen LogP contribution in [0.5, 0.6) is 0 Å². The van der Waals surface area contributed by atoms with E-state index in [9.17, 15) is 9.59 Å². The number of fused-ring (bicyclic) bond motifs is 1. The van der Waals surface area contributed by atoms with Crippen LogP contribution in [0.1, 0.15) is 34.8 Å². The van der Waals surface area contributed by atoms with Crippen molar-refractivity contribution in [1.29, 1.82) is 0 Å². The van der Waals surface area contributed by atoms with Gasteiger partial charge in [0.05, 0.1) is 5.01 Å². The molecular weight excluding hydrogens is 288 g/mol. The smallest absolute Gasteiger partial charge is 0.273 e. The van der Waals surface area contributed by atoms with E-state index in [0.717, 1.165) is 17.8 Å². The molecule has 3 N–H and O–H groups in total. The van der Waals surface area contributed by atoms with Gasteiger partial charge in [-0.25, -0.2) is 4.98 Å². The molecule has 114 valence electrons. The summed E-state index contributed by atoms with van der Waals surface area (Å²) in [5.41, 5.74) is 6.04. The number of nitrogens with two attached hydrogens (primary N) is 1. The molecule has 2 aliphatic rings. The van der Waals surface area contributed by atoms with Crippen molar-refractivity contribution in [1.82, 2.24) is 15.2 Å². The van der Waals surface area contributed by atoms with Crippen molar-refractivity contribution >= 4 is 23.2 Å². The number of piperidine rings is 2. The van der Waals surface area contributed by atoms with E-state index in [2.05, 4.69) is 10.3 Å². The van der Waals surface area contributed by atoms with Crippen LogP contribution in [0.25, 0.3) is 0 Å². The summed E-state index contributed by atoms with van der Waals surface area (Å²) in [4.78, 5) is 30.2. The van der Waals surface area contributed by atoms with E-state index in [0.29, 0.717) is 44.1 Å². The number of aromatic nitrogens is 1. The Morgan fingerprint density at radius 2 is 2.38 bits per heavy atom. The van der Waals surface area contributed by atoms with Crippen molar-refractivity contribution in [3.63, 3.8) is 0 Å². The largest absolute Gasteiger partial charge is 0.353 e. The van der Waals surface area contributed by atoms with Gasteiger partial charge in [0.25, 0.3) is 5.91 Å². The van der Waals surface area contributed by atoms with E-state index in [1.54, 1.807) is 0 Å². The minimum absolute atomic E-state index is 0.00451. The molecule has 0 aliphatic carbocycles. The van der Waals surface area contributed by atoms with E-state index >= 15 is 0 Å². The number of nitrogens with one attached hydrogen (secondary N) is 1. The first-order chi connectivity index (χ1) is 10.2. The van der Waals surface area contributed by atoms with Gasteiger partial charge in [-0.1, -0.05) is 0 Å². The fraction of sp³-hybridized carbons (Fsp3) is 0.643. The zero-order chi connectivity index (χ0) is 14.8. The summed E-state index contributed by atoms with van der Waals surface area (Å²) in [6.45, 7) is 1.95. The van der Waals surface area contributed by atoms with Crippen LogP contribution in [0.2, 0.25) is 0 Å². The van der Waals surface area contributed by atoms with Crippen molar-refractivity contribution in [3.05, 3.63) is 16.1 Å². The van der Waals surface area contributed by atoms with E-state index in [1.165, 1.54) is 11.3 Å². The highest BCUT2D eigenvalue weighted by molar-refractivity contribution is 7.09. The van der Waals surface area contributed by atoms with Crippen molar-refractivity contribution in [2.75, 3.05) is 19.6 Å². The molecule has 3 heterocycles. The second-order valence-corrected chi connectivity index (χ2v) is 6.62. The van der Waals surface area contributed by atoms with Gasteiger partial charge >= 0.3 is 0 Å². The third kappa shape index (κ3) is 3.08. The Morgan fingerprint density at radius 3 is 3.19 bits per heavy atom. The fourth-order valence-electron chi connectivity index (χ4n) is 3.10.